The fourth-order valence-electron chi connectivity index (χ4n) is 2.37. The normalized spacial score (nSPS) is 12.0. The summed E-state index contributed by atoms with van der Waals surface area (Å²) >= 11 is 5.80. The molecule has 0 radical (unpaired) electrons. The monoisotopic (exact) mass is 276 g/mol. The molecule has 1 nitrogen and oxygen atoms in total. The minimum atomic E-state index is 0.783. The van der Waals surface area contributed by atoms with Crippen molar-refractivity contribution in [2.24, 2.45) is 0 Å². The molecule has 0 aliphatic carbocycles. The quantitative estimate of drug-likeness (QED) is 0.246. The third-order valence-electron chi connectivity index (χ3n) is 3.81. The lowest BCUT2D eigenvalue weighted by Crippen LogP contribution is -2.41. The predicted octanol–water partition coefficient (Wildman–Crippen LogP) is 5.22. The average molecular weight is 277 g/mol. The Bertz CT molecular complexity index is 168. The van der Waals surface area contributed by atoms with Gasteiger partial charge in [0.15, 0.2) is 0 Å². The molecule has 0 aromatic rings. The summed E-state index contributed by atoms with van der Waals surface area (Å²) in [7, 11) is 4.58. The summed E-state index contributed by atoms with van der Waals surface area (Å²) in [5.74, 6) is 0.783. The standard InChI is InChI=1S/C16H35ClN/c1-4-5-6-7-8-9-10-11-12-13-15-18(2,3)16-14-17/h4-16H2,1-3H3/q+1. The largest absolute Gasteiger partial charge is 0.327 e. The first kappa shape index (κ1) is 18.2. The second-order valence-corrected chi connectivity index (χ2v) is 6.63. The molecule has 0 bridgehead atoms. The summed E-state index contributed by atoms with van der Waals surface area (Å²) in [6.45, 7) is 4.66. The van der Waals surface area contributed by atoms with Crippen LogP contribution in [0.4, 0.5) is 0 Å². The smallest absolute Gasteiger partial charge is 0.0920 e. The number of alkyl halides is 1. The molecule has 0 aromatic carbocycles. The first-order chi connectivity index (χ1) is 8.62. The Kier molecular flexibility index (Phi) is 12.5. The highest BCUT2D eigenvalue weighted by atomic mass is 35.5. The minimum Gasteiger partial charge on any atom is -0.327 e. The molecule has 0 saturated heterocycles. The minimum absolute atomic E-state index is 0.783. The third kappa shape index (κ3) is 12.7. The second kappa shape index (κ2) is 12.3. The predicted molar refractivity (Wildman–Crippen MR) is 84.4 cm³/mol. The summed E-state index contributed by atoms with van der Waals surface area (Å²) in [5.41, 5.74) is 0. The molecule has 0 aromatic heterocycles. The summed E-state index contributed by atoms with van der Waals surface area (Å²) in [6.07, 6.45) is 14.2. The Morgan fingerprint density at radius 2 is 1.11 bits per heavy atom. The first-order valence-electron chi connectivity index (χ1n) is 8.00. The van der Waals surface area contributed by atoms with E-state index < -0.39 is 0 Å². The van der Waals surface area contributed by atoms with Crippen LogP contribution in [0.25, 0.3) is 0 Å². The maximum Gasteiger partial charge on any atom is 0.0920 e. The van der Waals surface area contributed by atoms with Gasteiger partial charge in [0.05, 0.1) is 33.1 Å². The maximum atomic E-state index is 5.80. The van der Waals surface area contributed by atoms with Crippen molar-refractivity contribution in [2.75, 3.05) is 33.1 Å². The van der Waals surface area contributed by atoms with Crippen LogP contribution in [0, 0.1) is 0 Å². The van der Waals surface area contributed by atoms with Crippen LogP contribution in [0.3, 0.4) is 0 Å². The Balaban J connectivity index is 3.16. The van der Waals surface area contributed by atoms with Gasteiger partial charge in [0.1, 0.15) is 0 Å². The Morgan fingerprint density at radius 1 is 0.667 bits per heavy atom. The zero-order valence-electron chi connectivity index (χ0n) is 13.0. The van der Waals surface area contributed by atoms with Crippen LogP contribution in [0.1, 0.15) is 71.1 Å². The van der Waals surface area contributed by atoms with Crippen molar-refractivity contribution in [2.45, 2.75) is 71.1 Å². The molecule has 18 heavy (non-hydrogen) atoms. The van der Waals surface area contributed by atoms with E-state index >= 15 is 0 Å². The molecular weight excluding hydrogens is 242 g/mol. The van der Waals surface area contributed by atoms with E-state index in [1.54, 1.807) is 0 Å². The molecule has 0 unspecified atom stereocenters. The van der Waals surface area contributed by atoms with Crippen LogP contribution in [0.5, 0.6) is 0 Å². The van der Waals surface area contributed by atoms with Crippen LogP contribution in [0.15, 0.2) is 0 Å². The highest BCUT2D eigenvalue weighted by Gasteiger charge is 2.12. The van der Waals surface area contributed by atoms with Gasteiger partial charge >= 0.3 is 0 Å². The van der Waals surface area contributed by atoms with E-state index in [4.69, 9.17) is 11.6 Å². The van der Waals surface area contributed by atoms with Gasteiger partial charge in [0, 0.05) is 0 Å². The zero-order chi connectivity index (χ0) is 13.7. The molecule has 0 atom stereocenters. The molecule has 0 aliphatic heterocycles. The van der Waals surface area contributed by atoms with E-state index in [2.05, 4.69) is 21.0 Å². The molecule has 110 valence electrons. The number of rotatable bonds is 13. The SMILES string of the molecule is CCCCCCCCCCCC[N+](C)(C)CCCl. The highest BCUT2D eigenvalue weighted by molar-refractivity contribution is 6.17. The van der Waals surface area contributed by atoms with Crippen LogP contribution in [0.2, 0.25) is 0 Å². The van der Waals surface area contributed by atoms with Crippen molar-refractivity contribution in [3.8, 4) is 0 Å². The van der Waals surface area contributed by atoms with Gasteiger partial charge in [0.2, 0.25) is 0 Å². The fraction of sp³-hybridized carbons (Fsp3) is 1.00. The molecule has 2 heteroatoms. The van der Waals surface area contributed by atoms with Gasteiger partial charge in [0.25, 0.3) is 0 Å². The van der Waals surface area contributed by atoms with Crippen molar-refractivity contribution >= 4 is 11.6 Å². The Morgan fingerprint density at radius 3 is 1.56 bits per heavy atom. The van der Waals surface area contributed by atoms with Gasteiger partial charge in [-0.15, -0.1) is 11.6 Å². The molecule has 0 heterocycles. The highest BCUT2D eigenvalue weighted by Crippen LogP contribution is 2.11. The molecule has 0 fully saturated rings. The van der Waals surface area contributed by atoms with E-state index in [0.29, 0.717) is 0 Å². The lowest BCUT2D eigenvalue weighted by atomic mass is 10.1. The van der Waals surface area contributed by atoms with Crippen LogP contribution < -0.4 is 0 Å². The summed E-state index contributed by atoms with van der Waals surface area (Å²) in [5, 5.41) is 0. The molecular formula is C16H35ClN+. The van der Waals surface area contributed by atoms with Gasteiger partial charge in [-0.2, -0.15) is 0 Å². The fourth-order valence-corrected chi connectivity index (χ4v) is 2.83. The molecule has 0 aliphatic rings. The van der Waals surface area contributed by atoms with Crippen LogP contribution >= 0.6 is 11.6 Å². The van der Waals surface area contributed by atoms with E-state index in [-0.39, 0.29) is 0 Å². The van der Waals surface area contributed by atoms with Crippen molar-refractivity contribution < 1.29 is 4.48 Å². The number of unbranched alkanes of at least 4 members (excludes halogenated alkanes) is 9. The number of nitrogens with zero attached hydrogens (tertiary/aromatic N) is 1. The van der Waals surface area contributed by atoms with Gasteiger partial charge in [-0.3, -0.25) is 0 Å². The lowest BCUT2D eigenvalue weighted by Gasteiger charge is -2.28. The van der Waals surface area contributed by atoms with Crippen LogP contribution in [-0.2, 0) is 0 Å². The zero-order valence-corrected chi connectivity index (χ0v) is 13.8. The molecule has 0 rings (SSSR count). The van der Waals surface area contributed by atoms with E-state index in [1.165, 1.54) is 70.8 Å². The maximum absolute atomic E-state index is 5.80. The van der Waals surface area contributed by atoms with Crippen LogP contribution in [-0.4, -0.2) is 37.5 Å². The summed E-state index contributed by atoms with van der Waals surface area (Å²) < 4.78 is 1.08. The topological polar surface area (TPSA) is 0 Å². The second-order valence-electron chi connectivity index (χ2n) is 6.25. The van der Waals surface area contributed by atoms with E-state index in [1.807, 2.05) is 0 Å². The van der Waals surface area contributed by atoms with Crippen molar-refractivity contribution in [1.82, 2.24) is 0 Å². The first-order valence-corrected chi connectivity index (χ1v) is 8.54. The van der Waals surface area contributed by atoms with Gasteiger partial charge in [-0.05, 0) is 12.8 Å². The lowest BCUT2D eigenvalue weighted by molar-refractivity contribution is -0.888. The van der Waals surface area contributed by atoms with Gasteiger partial charge in [-0.25, -0.2) is 0 Å². The van der Waals surface area contributed by atoms with Crippen molar-refractivity contribution in [3.63, 3.8) is 0 Å². The summed E-state index contributed by atoms with van der Waals surface area (Å²) in [6, 6.07) is 0. The molecule has 0 N–H and O–H groups in total. The summed E-state index contributed by atoms with van der Waals surface area (Å²) in [4.78, 5) is 0. The number of halogens is 1. The Labute approximate surface area is 120 Å². The van der Waals surface area contributed by atoms with Crippen molar-refractivity contribution in [1.29, 1.82) is 0 Å². The van der Waals surface area contributed by atoms with E-state index in [0.717, 1.165) is 16.9 Å². The molecule has 0 amide bonds. The van der Waals surface area contributed by atoms with Gasteiger partial charge < -0.3 is 4.48 Å². The molecule has 0 saturated carbocycles. The average Bonchev–Trinajstić information content (AvgIpc) is 2.31. The van der Waals surface area contributed by atoms with Crippen molar-refractivity contribution in [3.05, 3.63) is 0 Å². The molecule has 0 spiro atoms. The third-order valence-corrected chi connectivity index (χ3v) is 3.98. The van der Waals surface area contributed by atoms with E-state index in [9.17, 15) is 0 Å². The number of hydrogen-bond acceptors (Lipinski definition) is 0. The number of quaternary nitrogens is 1. The Hall–Kier alpha value is 0.250. The number of hydrogen-bond donors (Lipinski definition) is 0. The van der Waals surface area contributed by atoms with Gasteiger partial charge in [-0.1, -0.05) is 58.3 Å².